The van der Waals surface area contributed by atoms with Gasteiger partial charge in [0.25, 0.3) is 10.0 Å². The Kier molecular flexibility index (Phi) is 3.87. The first-order chi connectivity index (χ1) is 9.34. The molecule has 5 nitrogen and oxygen atoms in total. The standard InChI is InChI=1S/C12H13F2N3O2S/c1-8(10-5-9(13)3-4-11(10)14)17(2)20(18,19)12-6-15-7-16-12/h3-8H,1-2H3,(H,15,16). The molecular weight excluding hydrogens is 288 g/mol. The number of nitrogens with zero attached hydrogens (tertiary/aromatic N) is 2. The van der Waals surface area contributed by atoms with Gasteiger partial charge >= 0.3 is 0 Å². The fourth-order valence-electron chi connectivity index (χ4n) is 1.78. The zero-order valence-electron chi connectivity index (χ0n) is 10.8. The number of H-pyrrole nitrogens is 1. The smallest absolute Gasteiger partial charge is 0.260 e. The second-order valence-corrected chi connectivity index (χ2v) is 6.24. The molecule has 1 unspecified atom stereocenters. The van der Waals surface area contributed by atoms with E-state index in [0.29, 0.717) is 0 Å². The lowest BCUT2D eigenvalue weighted by Crippen LogP contribution is -2.30. The molecule has 0 amide bonds. The van der Waals surface area contributed by atoms with E-state index in [2.05, 4.69) is 9.97 Å². The average Bonchev–Trinajstić information content (AvgIpc) is 2.94. The van der Waals surface area contributed by atoms with Crippen molar-refractivity contribution in [2.75, 3.05) is 7.05 Å². The molecule has 0 fully saturated rings. The first kappa shape index (κ1) is 14.6. The van der Waals surface area contributed by atoms with Crippen LogP contribution < -0.4 is 0 Å². The Bertz CT molecular complexity index is 701. The number of rotatable bonds is 4. The number of aromatic nitrogens is 2. The molecular formula is C12H13F2N3O2S. The molecule has 1 N–H and O–H groups in total. The van der Waals surface area contributed by atoms with E-state index in [-0.39, 0.29) is 10.6 Å². The number of hydrogen-bond acceptors (Lipinski definition) is 3. The molecule has 1 atom stereocenters. The fraction of sp³-hybridized carbons (Fsp3) is 0.250. The van der Waals surface area contributed by atoms with Gasteiger partial charge < -0.3 is 4.98 Å². The van der Waals surface area contributed by atoms with Crippen LogP contribution in [0.25, 0.3) is 0 Å². The van der Waals surface area contributed by atoms with Gasteiger partial charge in [-0.3, -0.25) is 0 Å². The number of hydrogen-bond donors (Lipinski definition) is 1. The highest BCUT2D eigenvalue weighted by atomic mass is 32.2. The van der Waals surface area contributed by atoms with Gasteiger partial charge in [0, 0.05) is 18.7 Å². The lowest BCUT2D eigenvalue weighted by atomic mass is 10.1. The SMILES string of the molecule is CC(c1cc(F)ccc1F)N(C)S(=O)(=O)c1cnc[nH]1. The molecule has 20 heavy (non-hydrogen) atoms. The number of sulfonamides is 1. The molecule has 0 bridgehead atoms. The second-order valence-electron chi connectivity index (χ2n) is 4.28. The van der Waals surface area contributed by atoms with Crippen molar-refractivity contribution in [2.45, 2.75) is 18.0 Å². The van der Waals surface area contributed by atoms with Crippen molar-refractivity contribution < 1.29 is 17.2 Å². The summed E-state index contributed by atoms with van der Waals surface area (Å²) in [4.78, 5) is 6.12. The second kappa shape index (κ2) is 5.29. The highest BCUT2D eigenvalue weighted by Crippen LogP contribution is 2.27. The molecule has 108 valence electrons. The van der Waals surface area contributed by atoms with E-state index in [9.17, 15) is 17.2 Å². The monoisotopic (exact) mass is 301 g/mol. The van der Waals surface area contributed by atoms with Crippen molar-refractivity contribution in [3.8, 4) is 0 Å². The quantitative estimate of drug-likeness (QED) is 0.940. The summed E-state index contributed by atoms with van der Waals surface area (Å²) >= 11 is 0. The van der Waals surface area contributed by atoms with E-state index >= 15 is 0 Å². The Hall–Kier alpha value is -1.80. The van der Waals surface area contributed by atoms with Crippen molar-refractivity contribution in [1.82, 2.24) is 14.3 Å². The van der Waals surface area contributed by atoms with Crippen molar-refractivity contribution in [3.05, 3.63) is 47.9 Å². The Morgan fingerprint density at radius 2 is 2.05 bits per heavy atom. The number of imidazole rings is 1. The minimum atomic E-state index is -3.85. The molecule has 2 aromatic rings. The van der Waals surface area contributed by atoms with E-state index in [0.717, 1.165) is 28.7 Å². The third-order valence-electron chi connectivity index (χ3n) is 3.08. The summed E-state index contributed by atoms with van der Waals surface area (Å²) in [5, 5.41) is -0.108. The summed E-state index contributed by atoms with van der Waals surface area (Å²) in [5.41, 5.74) is -0.0319. The molecule has 0 aliphatic heterocycles. The first-order valence-electron chi connectivity index (χ1n) is 5.75. The van der Waals surface area contributed by atoms with Crippen LogP contribution in [0.3, 0.4) is 0 Å². The molecule has 0 aliphatic rings. The summed E-state index contributed by atoms with van der Waals surface area (Å²) < 4.78 is 52.3. The Labute approximate surface area is 115 Å². The number of nitrogens with one attached hydrogen (secondary N) is 1. The predicted molar refractivity (Wildman–Crippen MR) is 68.3 cm³/mol. The zero-order valence-corrected chi connectivity index (χ0v) is 11.7. The van der Waals surface area contributed by atoms with E-state index < -0.39 is 27.7 Å². The third kappa shape index (κ3) is 2.56. The van der Waals surface area contributed by atoms with Gasteiger partial charge in [-0.05, 0) is 25.1 Å². The largest absolute Gasteiger partial charge is 0.335 e. The summed E-state index contributed by atoms with van der Waals surface area (Å²) in [6.07, 6.45) is 2.38. The maximum atomic E-state index is 13.7. The van der Waals surface area contributed by atoms with Crippen LogP contribution in [0.5, 0.6) is 0 Å². The Balaban J connectivity index is 2.38. The lowest BCUT2D eigenvalue weighted by molar-refractivity contribution is 0.384. The van der Waals surface area contributed by atoms with Gasteiger partial charge in [-0.25, -0.2) is 22.2 Å². The van der Waals surface area contributed by atoms with Gasteiger partial charge in [0.15, 0.2) is 5.03 Å². The van der Waals surface area contributed by atoms with Crippen LogP contribution in [0.15, 0.2) is 35.7 Å². The van der Waals surface area contributed by atoms with E-state index in [4.69, 9.17) is 0 Å². The van der Waals surface area contributed by atoms with Crippen LogP contribution >= 0.6 is 0 Å². The third-order valence-corrected chi connectivity index (χ3v) is 4.94. The molecule has 0 spiro atoms. The molecule has 0 saturated carbocycles. The highest BCUT2D eigenvalue weighted by Gasteiger charge is 2.29. The summed E-state index contributed by atoms with van der Waals surface area (Å²) in [5.74, 6) is -1.29. The maximum absolute atomic E-state index is 13.7. The van der Waals surface area contributed by atoms with Crippen molar-refractivity contribution in [3.63, 3.8) is 0 Å². The van der Waals surface area contributed by atoms with Gasteiger partial charge in [0.05, 0.1) is 12.5 Å². The van der Waals surface area contributed by atoms with Crippen LogP contribution in [0.1, 0.15) is 18.5 Å². The zero-order chi connectivity index (χ0) is 14.9. The summed E-state index contributed by atoms with van der Waals surface area (Å²) in [6, 6.07) is 2.07. The van der Waals surface area contributed by atoms with Gasteiger partial charge in [-0.1, -0.05) is 0 Å². The van der Waals surface area contributed by atoms with Crippen molar-refractivity contribution in [2.24, 2.45) is 0 Å². The minimum Gasteiger partial charge on any atom is -0.335 e. The van der Waals surface area contributed by atoms with Crippen molar-refractivity contribution in [1.29, 1.82) is 0 Å². The van der Waals surface area contributed by atoms with Crippen LogP contribution in [0.4, 0.5) is 8.78 Å². The van der Waals surface area contributed by atoms with Crippen LogP contribution in [0.2, 0.25) is 0 Å². The molecule has 1 aromatic carbocycles. The van der Waals surface area contributed by atoms with E-state index in [1.807, 2.05) is 0 Å². The van der Waals surface area contributed by atoms with Crippen LogP contribution in [-0.4, -0.2) is 29.7 Å². The molecule has 2 rings (SSSR count). The summed E-state index contributed by atoms with van der Waals surface area (Å²) in [6.45, 7) is 1.48. The van der Waals surface area contributed by atoms with Gasteiger partial charge in [0.1, 0.15) is 11.6 Å². The highest BCUT2D eigenvalue weighted by molar-refractivity contribution is 7.89. The summed E-state index contributed by atoms with van der Waals surface area (Å²) in [7, 11) is -2.55. The average molecular weight is 301 g/mol. The van der Waals surface area contributed by atoms with Crippen LogP contribution in [-0.2, 0) is 10.0 Å². The molecule has 1 heterocycles. The normalized spacial score (nSPS) is 13.7. The molecule has 0 saturated heterocycles. The molecule has 1 aromatic heterocycles. The van der Waals surface area contributed by atoms with Gasteiger partial charge in [-0.2, -0.15) is 4.31 Å². The molecule has 8 heteroatoms. The van der Waals surface area contributed by atoms with Crippen LogP contribution in [0, 0.1) is 11.6 Å². The topological polar surface area (TPSA) is 66.1 Å². The van der Waals surface area contributed by atoms with Crippen molar-refractivity contribution >= 4 is 10.0 Å². The minimum absolute atomic E-state index is 0.0319. The Morgan fingerprint density at radius 1 is 1.35 bits per heavy atom. The lowest BCUT2D eigenvalue weighted by Gasteiger charge is -2.24. The Morgan fingerprint density at radius 3 is 2.65 bits per heavy atom. The first-order valence-corrected chi connectivity index (χ1v) is 7.19. The molecule has 0 radical (unpaired) electrons. The predicted octanol–water partition coefficient (Wildman–Crippen LogP) is 2.07. The number of benzene rings is 1. The van der Waals surface area contributed by atoms with Gasteiger partial charge in [-0.15, -0.1) is 0 Å². The maximum Gasteiger partial charge on any atom is 0.260 e. The van der Waals surface area contributed by atoms with E-state index in [1.165, 1.54) is 20.3 Å². The number of halogens is 2. The number of aromatic amines is 1. The molecule has 0 aliphatic carbocycles. The van der Waals surface area contributed by atoms with E-state index in [1.54, 1.807) is 0 Å². The fourth-order valence-corrected chi connectivity index (χ4v) is 3.01. The van der Waals surface area contributed by atoms with Gasteiger partial charge in [0.2, 0.25) is 0 Å².